The largest absolute Gasteiger partial charge is 0.354 e. The lowest BCUT2D eigenvalue weighted by atomic mass is 10.0. The van der Waals surface area contributed by atoms with Gasteiger partial charge in [-0.2, -0.15) is 0 Å². The average molecular weight is 409 g/mol. The highest BCUT2D eigenvalue weighted by molar-refractivity contribution is 6.28. The molecule has 0 atom stereocenters. The molecule has 0 aliphatic rings. The molecule has 2 nitrogen and oxygen atoms in total. The van der Waals surface area contributed by atoms with Crippen LogP contribution in [-0.2, 0) is 0 Å². The molecule has 0 unspecified atom stereocenters. The lowest BCUT2D eigenvalue weighted by Gasteiger charge is -2.07. The third-order valence-electron chi connectivity index (χ3n) is 6.52. The highest BCUT2D eigenvalue weighted by Gasteiger charge is 2.17. The minimum atomic E-state index is 1.17. The summed E-state index contributed by atoms with van der Waals surface area (Å²) in [6.07, 6.45) is 0. The van der Waals surface area contributed by atoms with Crippen LogP contribution in [0.2, 0.25) is 0 Å². The molecule has 0 amide bonds. The Kier molecular flexibility index (Phi) is 3.58. The Hall–Kier alpha value is -4.30. The maximum absolute atomic E-state index is 3.68. The molecule has 0 saturated carbocycles. The van der Waals surface area contributed by atoms with Crippen molar-refractivity contribution < 1.29 is 0 Å². The van der Waals surface area contributed by atoms with Crippen LogP contribution in [0.25, 0.3) is 60.4 Å². The van der Waals surface area contributed by atoms with Crippen molar-refractivity contribution in [3.05, 3.63) is 115 Å². The highest BCUT2D eigenvalue weighted by Crippen LogP contribution is 2.40. The lowest BCUT2D eigenvalue weighted by Crippen LogP contribution is -1.92. The molecule has 0 fully saturated rings. The molecule has 150 valence electrons. The second-order valence-corrected chi connectivity index (χ2v) is 8.32. The molecule has 7 aromatic rings. The zero-order chi connectivity index (χ0) is 21.1. The van der Waals surface area contributed by atoms with Gasteiger partial charge in [-0.25, -0.2) is 0 Å². The van der Waals surface area contributed by atoms with E-state index >= 15 is 0 Å². The second kappa shape index (κ2) is 6.60. The summed E-state index contributed by atoms with van der Waals surface area (Å²) in [5.74, 6) is 0. The van der Waals surface area contributed by atoms with Crippen LogP contribution in [0.4, 0.5) is 0 Å². The summed E-state index contributed by atoms with van der Waals surface area (Å²) in [6, 6.07) is 41.2. The summed E-state index contributed by atoms with van der Waals surface area (Å²) < 4.78 is 2.38. The quantitative estimate of drug-likeness (QED) is 0.298. The smallest absolute Gasteiger partial charge is 0.0548 e. The number of para-hydroxylation sites is 2. The van der Waals surface area contributed by atoms with Crippen molar-refractivity contribution in [2.24, 2.45) is 0 Å². The molecule has 32 heavy (non-hydrogen) atoms. The topological polar surface area (TPSA) is 20.7 Å². The molecule has 0 aliphatic carbocycles. The number of fused-ring (bicyclic) bond motifs is 7. The number of hydrogen-bond donors (Lipinski definition) is 1. The molecule has 0 bridgehead atoms. The molecule has 0 saturated heterocycles. The maximum Gasteiger partial charge on any atom is 0.0548 e. The van der Waals surface area contributed by atoms with E-state index < -0.39 is 0 Å². The van der Waals surface area contributed by atoms with Crippen LogP contribution in [0, 0.1) is 0 Å². The Labute approximate surface area is 185 Å². The highest BCUT2D eigenvalue weighted by atomic mass is 15.0. The zero-order valence-corrected chi connectivity index (χ0v) is 17.4. The summed E-state index contributed by atoms with van der Waals surface area (Å²) in [5.41, 5.74) is 8.46. The number of nitrogens with one attached hydrogen (secondary N) is 1. The first-order valence-corrected chi connectivity index (χ1v) is 11.0. The summed E-state index contributed by atoms with van der Waals surface area (Å²) in [6.45, 7) is 0. The fourth-order valence-electron chi connectivity index (χ4n) is 5.12. The third kappa shape index (κ3) is 2.41. The fraction of sp³-hybridized carbons (Fsp3) is 0. The van der Waals surface area contributed by atoms with Crippen LogP contribution >= 0.6 is 0 Å². The van der Waals surface area contributed by atoms with Gasteiger partial charge in [-0.1, -0.05) is 78.9 Å². The number of benzene rings is 5. The van der Waals surface area contributed by atoms with E-state index in [4.69, 9.17) is 0 Å². The molecular weight excluding hydrogens is 388 g/mol. The van der Waals surface area contributed by atoms with Gasteiger partial charge in [-0.3, -0.25) is 0 Å². The third-order valence-corrected chi connectivity index (χ3v) is 6.52. The van der Waals surface area contributed by atoms with Gasteiger partial charge in [-0.05, 0) is 47.5 Å². The first kappa shape index (κ1) is 17.4. The zero-order valence-electron chi connectivity index (χ0n) is 17.4. The average Bonchev–Trinajstić information content (AvgIpc) is 3.40. The molecule has 1 N–H and O–H groups in total. The summed E-state index contributed by atoms with van der Waals surface area (Å²) in [4.78, 5) is 3.68. The SMILES string of the molecule is c1ccc(-c2ccc3c(c2)[nH]c2ccc4c(c5ccccc5n4-c4ccccc4)c23)cc1. The first-order chi connectivity index (χ1) is 15.9. The van der Waals surface area contributed by atoms with E-state index in [2.05, 4.69) is 125 Å². The van der Waals surface area contributed by atoms with Crippen molar-refractivity contribution in [1.82, 2.24) is 9.55 Å². The van der Waals surface area contributed by atoms with Gasteiger partial charge in [0.15, 0.2) is 0 Å². The molecule has 2 heterocycles. The van der Waals surface area contributed by atoms with Gasteiger partial charge in [0.1, 0.15) is 0 Å². The van der Waals surface area contributed by atoms with Gasteiger partial charge in [-0.15, -0.1) is 0 Å². The molecule has 0 aliphatic heterocycles. The van der Waals surface area contributed by atoms with Gasteiger partial charge in [0.05, 0.1) is 11.0 Å². The van der Waals surface area contributed by atoms with Crippen molar-refractivity contribution in [1.29, 1.82) is 0 Å². The van der Waals surface area contributed by atoms with E-state index in [0.717, 1.165) is 0 Å². The predicted octanol–water partition coefficient (Wildman–Crippen LogP) is 8.09. The van der Waals surface area contributed by atoms with Gasteiger partial charge < -0.3 is 9.55 Å². The molecule has 0 spiro atoms. The number of nitrogens with zero attached hydrogens (tertiary/aromatic N) is 1. The number of rotatable bonds is 2. The van der Waals surface area contributed by atoms with Crippen LogP contribution in [0.1, 0.15) is 0 Å². The van der Waals surface area contributed by atoms with Gasteiger partial charge in [0.2, 0.25) is 0 Å². The Morgan fingerprint density at radius 1 is 0.469 bits per heavy atom. The summed E-state index contributed by atoms with van der Waals surface area (Å²) in [5, 5.41) is 5.15. The van der Waals surface area contributed by atoms with E-state index in [-0.39, 0.29) is 0 Å². The minimum absolute atomic E-state index is 1.17. The first-order valence-electron chi connectivity index (χ1n) is 11.0. The summed E-state index contributed by atoms with van der Waals surface area (Å²) in [7, 11) is 0. The monoisotopic (exact) mass is 408 g/mol. The van der Waals surface area contributed by atoms with Crippen LogP contribution < -0.4 is 0 Å². The van der Waals surface area contributed by atoms with E-state index in [0.29, 0.717) is 0 Å². The molecule has 0 radical (unpaired) electrons. The molecule has 2 aromatic heterocycles. The lowest BCUT2D eigenvalue weighted by molar-refractivity contribution is 1.18. The maximum atomic E-state index is 3.68. The normalized spacial score (nSPS) is 11.8. The van der Waals surface area contributed by atoms with Crippen molar-refractivity contribution >= 4 is 43.6 Å². The fourth-order valence-corrected chi connectivity index (χ4v) is 5.12. The van der Waals surface area contributed by atoms with Crippen molar-refractivity contribution in [3.63, 3.8) is 0 Å². The Bertz CT molecular complexity index is 1750. The molecule has 2 heteroatoms. The van der Waals surface area contributed by atoms with E-state index in [1.54, 1.807) is 0 Å². The number of aromatic amines is 1. The second-order valence-electron chi connectivity index (χ2n) is 8.32. The van der Waals surface area contributed by atoms with Crippen LogP contribution in [0.3, 0.4) is 0 Å². The van der Waals surface area contributed by atoms with E-state index in [9.17, 15) is 0 Å². The molecular formula is C30H20N2. The van der Waals surface area contributed by atoms with E-state index in [1.165, 1.54) is 60.4 Å². The van der Waals surface area contributed by atoms with Gasteiger partial charge in [0.25, 0.3) is 0 Å². The number of H-pyrrole nitrogens is 1. The van der Waals surface area contributed by atoms with Crippen molar-refractivity contribution in [2.75, 3.05) is 0 Å². The van der Waals surface area contributed by atoms with E-state index in [1.807, 2.05) is 0 Å². The Morgan fingerprint density at radius 2 is 1.22 bits per heavy atom. The van der Waals surface area contributed by atoms with Gasteiger partial charge >= 0.3 is 0 Å². The van der Waals surface area contributed by atoms with Crippen molar-refractivity contribution in [3.8, 4) is 16.8 Å². The van der Waals surface area contributed by atoms with Gasteiger partial charge in [0, 0.05) is 38.3 Å². The summed E-state index contributed by atoms with van der Waals surface area (Å²) >= 11 is 0. The number of hydrogen-bond acceptors (Lipinski definition) is 0. The predicted molar refractivity (Wildman–Crippen MR) is 136 cm³/mol. The Balaban J connectivity index is 1.60. The van der Waals surface area contributed by atoms with Crippen molar-refractivity contribution in [2.45, 2.75) is 0 Å². The van der Waals surface area contributed by atoms with Crippen LogP contribution in [0.5, 0.6) is 0 Å². The van der Waals surface area contributed by atoms with Crippen LogP contribution in [0.15, 0.2) is 115 Å². The molecule has 7 rings (SSSR count). The van der Waals surface area contributed by atoms with Crippen LogP contribution in [-0.4, -0.2) is 9.55 Å². The standard InChI is InChI=1S/C30H20N2/c1-3-9-20(10-4-1)21-15-16-23-26(19-21)31-25-17-18-28-30(29(23)25)24-13-7-8-14-27(24)32(28)22-11-5-2-6-12-22/h1-19,31H. The number of aromatic nitrogens is 2. The molecule has 5 aromatic carbocycles. The Morgan fingerprint density at radius 3 is 2.06 bits per heavy atom. The minimum Gasteiger partial charge on any atom is -0.354 e.